The predicted octanol–water partition coefficient (Wildman–Crippen LogP) is 2.72. The Kier molecular flexibility index (Phi) is 5.61. The molecule has 2 N–H and O–H groups in total. The Balaban J connectivity index is 1.62. The molecule has 3 amide bonds. The van der Waals surface area contributed by atoms with Crippen molar-refractivity contribution in [1.82, 2.24) is 5.32 Å². The number of hydrogen-bond acceptors (Lipinski definition) is 4. The van der Waals surface area contributed by atoms with E-state index in [4.69, 9.17) is 11.6 Å². The van der Waals surface area contributed by atoms with Crippen LogP contribution < -0.4 is 15.5 Å². The van der Waals surface area contributed by atoms with Crippen LogP contribution in [0.5, 0.6) is 0 Å². The molecule has 1 aliphatic heterocycles. The van der Waals surface area contributed by atoms with Gasteiger partial charge in [-0.15, -0.1) is 0 Å². The molecule has 0 aliphatic carbocycles. The van der Waals surface area contributed by atoms with Crippen LogP contribution in [0.4, 0.5) is 16.2 Å². The quantitative estimate of drug-likeness (QED) is 0.825. The smallest absolute Gasteiger partial charge is 0.407 e. The first kappa shape index (κ1) is 18.7. The minimum atomic E-state index is -0.670. The second-order valence-electron chi connectivity index (χ2n) is 6.02. The number of nitrogens with one attached hydrogen (secondary N) is 2. The fourth-order valence-electron chi connectivity index (χ4n) is 2.81. The van der Waals surface area contributed by atoms with E-state index in [1.807, 2.05) is 18.2 Å². The van der Waals surface area contributed by atoms with Crippen LogP contribution in [0, 0.1) is 0 Å². The van der Waals surface area contributed by atoms with Gasteiger partial charge in [0.1, 0.15) is 6.54 Å². The van der Waals surface area contributed by atoms with Crippen LogP contribution in [0.3, 0.4) is 0 Å². The molecule has 0 bridgehead atoms. The van der Waals surface area contributed by atoms with E-state index in [0.717, 1.165) is 16.8 Å². The molecule has 3 rings (SSSR count). The average molecular weight is 388 g/mol. The zero-order valence-electron chi connectivity index (χ0n) is 14.6. The Bertz CT molecular complexity index is 883. The summed E-state index contributed by atoms with van der Waals surface area (Å²) in [6, 6.07) is 12.6. The summed E-state index contributed by atoms with van der Waals surface area (Å²) in [5.74, 6) is -0.343. The molecule has 0 unspecified atom stereocenters. The number of alkyl carbamates (subject to hydrolysis) is 1. The predicted molar refractivity (Wildman–Crippen MR) is 102 cm³/mol. The minimum absolute atomic E-state index is 0.0264. The summed E-state index contributed by atoms with van der Waals surface area (Å²) in [5.41, 5.74) is 3.30. The minimum Gasteiger partial charge on any atom is -0.453 e. The molecule has 0 aromatic heterocycles. The molecule has 7 nitrogen and oxygen atoms in total. The molecule has 27 heavy (non-hydrogen) atoms. The second kappa shape index (κ2) is 8.09. The van der Waals surface area contributed by atoms with Crippen molar-refractivity contribution in [3.05, 3.63) is 58.6 Å². The van der Waals surface area contributed by atoms with Gasteiger partial charge < -0.3 is 20.3 Å². The summed E-state index contributed by atoms with van der Waals surface area (Å²) in [7, 11) is 1.23. The van der Waals surface area contributed by atoms with Gasteiger partial charge in [-0.05, 0) is 35.4 Å². The third-order valence-electron chi connectivity index (χ3n) is 4.14. The maximum Gasteiger partial charge on any atom is 0.407 e. The first-order valence-corrected chi connectivity index (χ1v) is 8.63. The van der Waals surface area contributed by atoms with E-state index in [-0.39, 0.29) is 18.4 Å². The molecule has 0 atom stereocenters. The van der Waals surface area contributed by atoms with Crippen molar-refractivity contribution in [2.24, 2.45) is 0 Å². The number of hydrogen-bond donors (Lipinski definition) is 2. The highest BCUT2D eigenvalue weighted by Crippen LogP contribution is 2.32. The maximum absolute atomic E-state index is 12.3. The van der Waals surface area contributed by atoms with Gasteiger partial charge in [0.2, 0.25) is 11.8 Å². The third kappa shape index (κ3) is 4.57. The molecule has 1 aliphatic rings. The Morgan fingerprint density at radius 1 is 1.19 bits per heavy atom. The SMILES string of the molecule is COC(=O)NCC(=O)Nc1ccc(CN2C(=O)Cc3ccc(Cl)cc32)cc1. The summed E-state index contributed by atoms with van der Waals surface area (Å²) in [4.78, 5) is 36.7. The van der Waals surface area contributed by atoms with Crippen molar-refractivity contribution >= 4 is 40.9 Å². The number of ether oxygens (including phenoxy) is 1. The first-order chi connectivity index (χ1) is 13.0. The van der Waals surface area contributed by atoms with Crippen molar-refractivity contribution in [1.29, 1.82) is 0 Å². The van der Waals surface area contributed by atoms with Gasteiger partial charge >= 0.3 is 6.09 Å². The van der Waals surface area contributed by atoms with Gasteiger partial charge in [-0.25, -0.2) is 4.79 Å². The van der Waals surface area contributed by atoms with Crippen LogP contribution in [0.2, 0.25) is 5.02 Å². The van der Waals surface area contributed by atoms with Crippen molar-refractivity contribution < 1.29 is 19.1 Å². The van der Waals surface area contributed by atoms with E-state index in [1.165, 1.54) is 7.11 Å². The number of fused-ring (bicyclic) bond motifs is 1. The summed E-state index contributed by atoms with van der Waals surface area (Å²) in [5, 5.41) is 5.56. The summed E-state index contributed by atoms with van der Waals surface area (Å²) in [6.07, 6.45) is -0.301. The van der Waals surface area contributed by atoms with Gasteiger partial charge in [-0.2, -0.15) is 0 Å². The van der Waals surface area contributed by atoms with Crippen LogP contribution in [0.25, 0.3) is 0 Å². The van der Waals surface area contributed by atoms with Crippen molar-refractivity contribution in [2.45, 2.75) is 13.0 Å². The Hall–Kier alpha value is -3.06. The van der Waals surface area contributed by atoms with Gasteiger partial charge in [-0.1, -0.05) is 29.8 Å². The third-order valence-corrected chi connectivity index (χ3v) is 4.37. The Labute approximate surface area is 161 Å². The van der Waals surface area contributed by atoms with E-state index in [1.54, 1.807) is 29.2 Å². The molecular formula is C19H18ClN3O4. The lowest BCUT2D eigenvalue weighted by Gasteiger charge is -2.18. The maximum atomic E-state index is 12.3. The average Bonchev–Trinajstić information content (AvgIpc) is 2.96. The van der Waals surface area contributed by atoms with E-state index in [2.05, 4.69) is 15.4 Å². The first-order valence-electron chi connectivity index (χ1n) is 8.25. The number of amides is 3. The lowest BCUT2D eigenvalue weighted by molar-refractivity contribution is -0.117. The standard InChI is InChI=1S/C19H18ClN3O4/c1-27-19(26)21-10-17(24)22-15-6-2-12(3-7-15)11-23-16-9-14(20)5-4-13(16)8-18(23)25/h2-7,9H,8,10-11H2,1H3,(H,21,26)(H,22,24). The van der Waals surface area contributed by atoms with E-state index in [0.29, 0.717) is 23.7 Å². The molecule has 8 heteroatoms. The normalized spacial score (nSPS) is 12.5. The number of benzene rings is 2. The fourth-order valence-corrected chi connectivity index (χ4v) is 2.98. The fraction of sp³-hybridized carbons (Fsp3) is 0.211. The highest BCUT2D eigenvalue weighted by Gasteiger charge is 2.27. The highest BCUT2D eigenvalue weighted by molar-refractivity contribution is 6.31. The topological polar surface area (TPSA) is 87.7 Å². The number of rotatable bonds is 5. The summed E-state index contributed by atoms with van der Waals surface area (Å²) in [6.45, 7) is 0.235. The summed E-state index contributed by atoms with van der Waals surface area (Å²) < 4.78 is 4.40. The Morgan fingerprint density at radius 3 is 2.63 bits per heavy atom. The number of carbonyl (C=O) groups excluding carboxylic acids is 3. The van der Waals surface area contributed by atoms with Crippen molar-refractivity contribution in [3.8, 4) is 0 Å². The van der Waals surface area contributed by atoms with Crippen molar-refractivity contribution in [3.63, 3.8) is 0 Å². The van der Waals surface area contributed by atoms with Crippen molar-refractivity contribution in [2.75, 3.05) is 23.9 Å². The van der Waals surface area contributed by atoms with E-state index in [9.17, 15) is 14.4 Å². The molecule has 2 aromatic rings. The number of anilines is 2. The molecule has 0 fully saturated rings. The number of nitrogens with zero attached hydrogens (tertiary/aromatic N) is 1. The van der Waals surface area contributed by atoms with E-state index >= 15 is 0 Å². The van der Waals surface area contributed by atoms with Crippen LogP contribution in [0.1, 0.15) is 11.1 Å². The molecule has 0 saturated carbocycles. The monoisotopic (exact) mass is 387 g/mol. The number of halogens is 1. The molecule has 0 spiro atoms. The molecule has 0 saturated heterocycles. The van der Waals surface area contributed by atoms with Gasteiger partial charge in [0.05, 0.1) is 20.1 Å². The van der Waals surface area contributed by atoms with Crippen LogP contribution in [0.15, 0.2) is 42.5 Å². The van der Waals surface area contributed by atoms with Crippen LogP contribution in [-0.2, 0) is 27.3 Å². The van der Waals surface area contributed by atoms with Gasteiger partial charge in [-0.3, -0.25) is 9.59 Å². The lowest BCUT2D eigenvalue weighted by Crippen LogP contribution is -2.32. The molecule has 1 heterocycles. The highest BCUT2D eigenvalue weighted by atomic mass is 35.5. The van der Waals surface area contributed by atoms with Gasteiger partial charge in [0, 0.05) is 16.4 Å². The van der Waals surface area contributed by atoms with Gasteiger partial charge in [0.25, 0.3) is 0 Å². The van der Waals surface area contributed by atoms with E-state index < -0.39 is 6.09 Å². The second-order valence-corrected chi connectivity index (χ2v) is 6.46. The lowest BCUT2D eigenvalue weighted by atomic mass is 10.1. The van der Waals surface area contributed by atoms with Gasteiger partial charge in [0.15, 0.2) is 0 Å². The zero-order valence-corrected chi connectivity index (χ0v) is 15.4. The Morgan fingerprint density at radius 2 is 1.93 bits per heavy atom. The molecule has 140 valence electrons. The van der Waals surface area contributed by atoms with Crippen LogP contribution in [-0.4, -0.2) is 31.6 Å². The largest absolute Gasteiger partial charge is 0.453 e. The van der Waals surface area contributed by atoms with Crippen LogP contribution >= 0.6 is 11.6 Å². The summed E-state index contributed by atoms with van der Waals surface area (Å²) >= 11 is 6.05. The molecule has 0 radical (unpaired) electrons. The molecular weight excluding hydrogens is 370 g/mol. The number of carbonyl (C=O) groups is 3. The molecule has 2 aromatic carbocycles. The number of methoxy groups -OCH3 is 1. The zero-order chi connectivity index (χ0) is 19.4.